The second kappa shape index (κ2) is 6.33. The first-order valence-electron chi connectivity index (χ1n) is 4.11. The van der Waals surface area contributed by atoms with Crippen LogP contribution in [0.25, 0.3) is 0 Å². The molecule has 1 atom stereocenters. The molecule has 6 heteroatoms. The number of nitrogens with two attached hydrogens (primary N) is 1. The van der Waals surface area contributed by atoms with Crippen LogP contribution in [0.1, 0.15) is 0 Å². The van der Waals surface area contributed by atoms with Crippen LogP contribution >= 0.6 is 0 Å². The van der Waals surface area contributed by atoms with Gasteiger partial charge in [-0.15, -0.1) is 0 Å². The van der Waals surface area contributed by atoms with Gasteiger partial charge in [0, 0.05) is 20.7 Å². The van der Waals surface area contributed by atoms with Crippen molar-refractivity contribution in [1.29, 1.82) is 0 Å². The van der Waals surface area contributed by atoms with E-state index in [9.17, 15) is 9.59 Å². The Balaban J connectivity index is 4.16. The molecule has 0 saturated heterocycles. The van der Waals surface area contributed by atoms with Crippen molar-refractivity contribution >= 4 is 11.9 Å². The Morgan fingerprint density at radius 3 is 2.36 bits per heavy atom. The number of ether oxygens (including phenoxy) is 2. The zero-order valence-corrected chi connectivity index (χ0v) is 8.65. The van der Waals surface area contributed by atoms with Gasteiger partial charge in [0.2, 0.25) is 0 Å². The Bertz CT molecular complexity index is 204. The normalized spacial score (nSPS) is 12.0. The highest BCUT2D eigenvalue weighted by Crippen LogP contribution is 1.95. The molecule has 0 bridgehead atoms. The lowest BCUT2D eigenvalue weighted by atomic mass is 10.3. The molecule has 0 radical (unpaired) electrons. The van der Waals surface area contributed by atoms with E-state index in [0.29, 0.717) is 0 Å². The molecule has 0 aromatic rings. The van der Waals surface area contributed by atoms with E-state index in [2.05, 4.69) is 4.74 Å². The van der Waals surface area contributed by atoms with Gasteiger partial charge < -0.3 is 20.1 Å². The van der Waals surface area contributed by atoms with Crippen molar-refractivity contribution < 1.29 is 19.1 Å². The number of carbonyl (C=O) groups excluding carboxylic acids is 2. The first-order valence-corrected chi connectivity index (χ1v) is 4.11. The molecule has 6 nitrogen and oxygen atoms in total. The average molecular weight is 204 g/mol. The topological polar surface area (TPSA) is 81.9 Å². The van der Waals surface area contributed by atoms with Crippen LogP contribution in [0.4, 0.5) is 0 Å². The van der Waals surface area contributed by atoms with Crippen molar-refractivity contribution in [3.63, 3.8) is 0 Å². The molecule has 0 saturated carbocycles. The van der Waals surface area contributed by atoms with Gasteiger partial charge in [-0.3, -0.25) is 9.59 Å². The van der Waals surface area contributed by atoms with Crippen LogP contribution in [-0.4, -0.2) is 57.2 Å². The Labute approximate surface area is 82.9 Å². The SMILES string of the molecule is COC(=O)CN(C)C(=O)C(CN)OC. The molecule has 0 spiro atoms. The summed E-state index contributed by atoms with van der Waals surface area (Å²) in [6.45, 7) is -0.0178. The highest BCUT2D eigenvalue weighted by molar-refractivity contribution is 5.85. The zero-order valence-electron chi connectivity index (χ0n) is 8.65. The summed E-state index contributed by atoms with van der Waals surface area (Å²) >= 11 is 0. The molecule has 2 N–H and O–H groups in total. The molecular formula is C8H16N2O4. The number of rotatable bonds is 5. The van der Waals surface area contributed by atoms with Crippen molar-refractivity contribution in [2.75, 3.05) is 34.4 Å². The fourth-order valence-corrected chi connectivity index (χ4v) is 0.880. The van der Waals surface area contributed by atoms with E-state index in [1.54, 1.807) is 0 Å². The van der Waals surface area contributed by atoms with Crippen molar-refractivity contribution in [3.8, 4) is 0 Å². The van der Waals surface area contributed by atoms with Gasteiger partial charge in [0.1, 0.15) is 12.6 Å². The Kier molecular flexibility index (Phi) is 5.82. The molecule has 82 valence electrons. The minimum absolute atomic E-state index is 0.0842. The van der Waals surface area contributed by atoms with E-state index >= 15 is 0 Å². The molecule has 0 aromatic heterocycles. The standard InChI is InChI=1S/C8H16N2O4/c1-10(5-7(11)14-3)8(12)6(4-9)13-2/h6H,4-5,9H2,1-3H3. The van der Waals surface area contributed by atoms with Crippen molar-refractivity contribution in [2.24, 2.45) is 5.73 Å². The summed E-state index contributed by atoms with van der Waals surface area (Å²) in [6.07, 6.45) is -0.704. The lowest BCUT2D eigenvalue weighted by Crippen LogP contribution is -2.43. The molecule has 1 amide bonds. The molecule has 0 heterocycles. The first-order chi connectivity index (χ1) is 6.56. The van der Waals surface area contributed by atoms with Crippen LogP contribution in [0, 0.1) is 0 Å². The molecular weight excluding hydrogens is 188 g/mol. The Morgan fingerprint density at radius 2 is 2.00 bits per heavy atom. The zero-order chi connectivity index (χ0) is 11.1. The number of hydrogen-bond acceptors (Lipinski definition) is 5. The Hall–Kier alpha value is -1.14. The number of likely N-dealkylation sites (N-methyl/N-ethyl adjacent to an activating group) is 1. The Morgan fingerprint density at radius 1 is 1.43 bits per heavy atom. The smallest absolute Gasteiger partial charge is 0.325 e. The van der Waals surface area contributed by atoms with Crippen LogP contribution in [0.15, 0.2) is 0 Å². The number of carbonyl (C=O) groups is 2. The van der Waals surface area contributed by atoms with Gasteiger partial charge >= 0.3 is 5.97 Å². The van der Waals surface area contributed by atoms with Gasteiger partial charge in [-0.2, -0.15) is 0 Å². The lowest BCUT2D eigenvalue weighted by Gasteiger charge is -2.20. The van der Waals surface area contributed by atoms with Crippen LogP contribution in [0.3, 0.4) is 0 Å². The quantitative estimate of drug-likeness (QED) is 0.556. The van der Waals surface area contributed by atoms with Crippen LogP contribution in [0.5, 0.6) is 0 Å². The van der Waals surface area contributed by atoms with E-state index < -0.39 is 12.1 Å². The predicted octanol–water partition coefficient (Wildman–Crippen LogP) is -1.41. The van der Waals surface area contributed by atoms with E-state index in [4.69, 9.17) is 10.5 Å². The van der Waals surface area contributed by atoms with Gasteiger partial charge in [-0.1, -0.05) is 0 Å². The van der Waals surface area contributed by atoms with Crippen LogP contribution in [-0.2, 0) is 19.1 Å². The molecule has 14 heavy (non-hydrogen) atoms. The largest absolute Gasteiger partial charge is 0.468 e. The van der Waals surface area contributed by atoms with Crippen LogP contribution in [0.2, 0.25) is 0 Å². The number of esters is 1. The van der Waals surface area contributed by atoms with Gasteiger partial charge in [0.25, 0.3) is 5.91 Å². The third-order valence-electron chi connectivity index (χ3n) is 1.74. The van der Waals surface area contributed by atoms with E-state index in [0.717, 1.165) is 0 Å². The number of nitrogens with zero attached hydrogens (tertiary/aromatic N) is 1. The third-order valence-corrected chi connectivity index (χ3v) is 1.74. The minimum Gasteiger partial charge on any atom is -0.468 e. The maximum absolute atomic E-state index is 11.5. The molecule has 0 aromatic carbocycles. The molecule has 0 aliphatic heterocycles. The highest BCUT2D eigenvalue weighted by atomic mass is 16.5. The molecule has 0 fully saturated rings. The summed E-state index contributed by atoms with van der Waals surface area (Å²) in [5, 5.41) is 0. The number of amides is 1. The van der Waals surface area contributed by atoms with Gasteiger partial charge in [0.05, 0.1) is 7.11 Å². The van der Waals surface area contributed by atoms with Gasteiger partial charge in [-0.25, -0.2) is 0 Å². The summed E-state index contributed by atoms with van der Waals surface area (Å²) in [7, 11) is 4.14. The van der Waals surface area contributed by atoms with E-state index in [1.165, 1.54) is 26.2 Å². The predicted molar refractivity (Wildman–Crippen MR) is 49.5 cm³/mol. The summed E-state index contributed by atoms with van der Waals surface area (Å²) in [5.41, 5.74) is 5.30. The van der Waals surface area contributed by atoms with E-state index in [1.807, 2.05) is 0 Å². The summed E-state index contributed by atoms with van der Waals surface area (Å²) < 4.78 is 9.24. The summed E-state index contributed by atoms with van der Waals surface area (Å²) in [5.74, 6) is -0.812. The highest BCUT2D eigenvalue weighted by Gasteiger charge is 2.21. The second-order valence-electron chi connectivity index (χ2n) is 2.73. The minimum atomic E-state index is -0.704. The fourth-order valence-electron chi connectivity index (χ4n) is 0.880. The number of hydrogen-bond donors (Lipinski definition) is 1. The number of methoxy groups -OCH3 is 2. The maximum Gasteiger partial charge on any atom is 0.325 e. The maximum atomic E-state index is 11.5. The molecule has 0 rings (SSSR count). The van der Waals surface area contributed by atoms with E-state index in [-0.39, 0.29) is 19.0 Å². The fraction of sp³-hybridized carbons (Fsp3) is 0.750. The van der Waals surface area contributed by atoms with Crippen molar-refractivity contribution in [2.45, 2.75) is 6.10 Å². The first kappa shape index (κ1) is 12.9. The van der Waals surface area contributed by atoms with Crippen LogP contribution < -0.4 is 5.73 Å². The lowest BCUT2D eigenvalue weighted by molar-refractivity contribution is -0.149. The monoisotopic (exact) mass is 204 g/mol. The molecule has 0 aliphatic rings. The summed E-state index contributed by atoms with van der Waals surface area (Å²) in [4.78, 5) is 23.5. The second-order valence-corrected chi connectivity index (χ2v) is 2.73. The van der Waals surface area contributed by atoms with Crippen molar-refractivity contribution in [3.05, 3.63) is 0 Å². The molecule has 0 aliphatic carbocycles. The van der Waals surface area contributed by atoms with Gasteiger partial charge in [-0.05, 0) is 0 Å². The summed E-state index contributed by atoms with van der Waals surface area (Å²) in [6, 6.07) is 0. The van der Waals surface area contributed by atoms with Crippen molar-refractivity contribution in [1.82, 2.24) is 4.90 Å². The average Bonchev–Trinajstić information content (AvgIpc) is 2.19. The van der Waals surface area contributed by atoms with Gasteiger partial charge in [0.15, 0.2) is 0 Å². The third kappa shape index (κ3) is 3.71. The molecule has 1 unspecified atom stereocenters.